The molecule has 3 rings (SSSR count). The fourth-order valence-electron chi connectivity index (χ4n) is 2.92. The zero-order valence-electron chi connectivity index (χ0n) is 16.5. The molecule has 0 unspecified atom stereocenters. The van der Waals surface area contributed by atoms with Crippen molar-refractivity contribution < 1.29 is 4.79 Å². The van der Waals surface area contributed by atoms with E-state index in [0.717, 1.165) is 38.6 Å². The standard InChI is InChI=1S/C21H24ClN3OS.ClH/c1-14-6-5-7-16(12-14)13-19(26)25(11-10-24(3)4)21-23-20-15(2)17(22)8-9-18(20)27-21;/h5-9,12H,10-11,13H2,1-4H3;1H. The van der Waals surface area contributed by atoms with Gasteiger partial charge in [-0.3, -0.25) is 9.69 Å². The van der Waals surface area contributed by atoms with Crippen LogP contribution in [0.5, 0.6) is 0 Å². The maximum absolute atomic E-state index is 13.1. The number of benzene rings is 2. The second-order valence-corrected chi connectivity index (χ2v) is 8.45. The Balaban J connectivity index is 0.00000280. The van der Waals surface area contributed by atoms with Crippen LogP contribution in [0.25, 0.3) is 10.2 Å². The summed E-state index contributed by atoms with van der Waals surface area (Å²) in [6.07, 6.45) is 0.366. The number of aryl methyl sites for hydroxylation is 2. The molecule has 0 N–H and O–H groups in total. The SMILES string of the molecule is Cc1cccc(CC(=O)N(CCN(C)C)c2nc3c(C)c(Cl)ccc3s2)c1.Cl. The second-order valence-electron chi connectivity index (χ2n) is 7.03. The van der Waals surface area contributed by atoms with E-state index in [1.807, 2.05) is 58.3 Å². The van der Waals surface area contributed by atoms with Crippen molar-refractivity contribution in [2.75, 3.05) is 32.1 Å². The van der Waals surface area contributed by atoms with Gasteiger partial charge in [0.15, 0.2) is 5.13 Å². The molecule has 0 saturated carbocycles. The molecule has 0 fully saturated rings. The minimum absolute atomic E-state index is 0. The van der Waals surface area contributed by atoms with Gasteiger partial charge in [-0.25, -0.2) is 4.98 Å². The van der Waals surface area contributed by atoms with E-state index in [1.165, 1.54) is 11.3 Å². The molecular formula is C21H25Cl2N3OS. The number of hydrogen-bond donors (Lipinski definition) is 0. The highest BCUT2D eigenvalue weighted by molar-refractivity contribution is 7.22. The van der Waals surface area contributed by atoms with Gasteiger partial charge in [-0.15, -0.1) is 12.4 Å². The summed E-state index contributed by atoms with van der Waals surface area (Å²) in [6.45, 7) is 5.38. The number of likely N-dealkylation sites (N-methyl/N-ethyl adjacent to an activating group) is 1. The normalized spacial score (nSPS) is 10.9. The maximum atomic E-state index is 13.1. The van der Waals surface area contributed by atoms with Crippen molar-refractivity contribution in [2.45, 2.75) is 20.3 Å². The number of fused-ring (bicyclic) bond motifs is 1. The number of carbonyl (C=O) groups excluding carboxylic acids is 1. The summed E-state index contributed by atoms with van der Waals surface area (Å²) in [5.74, 6) is 0.0604. The van der Waals surface area contributed by atoms with Crippen molar-refractivity contribution >= 4 is 56.6 Å². The number of amides is 1. The Morgan fingerprint density at radius 3 is 2.57 bits per heavy atom. The molecule has 0 aliphatic heterocycles. The van der Waals surface area contributed by atoms with Crippen LogP contribution in [0.1, 0.15) is 16.7 Å². The minimum atomic E-state index is 0. The zero-order valence-corrected chi connectivity index (χ0v) is 18.9. The number of halogens is 2. The Morgan fingerprint density at radius 2 is 1.89 bits per heavy atom. The van der Waals surface area contributed by atoms with Crippen LogP contribution in [-0.4, -0.2) is 43.0 Å². The predicted molar refractivity (Wildman–Crippen MR) is 122 cm³/mol. The van der Waals surface area contributed by atoms with Crippen LogP contribution in [0.3, 0.4) is 0 Å². The molecule has 0 radical (unpaired) electrons. The van der Waals surface area contributed by atoms with Crippen LogP contribution in [0, 0.1) is 13.8 Å². The Labute approximate surface area is 181 Å². The summed E-state index contributed by atoms with van der Waals surface area (Å²) in [6, 6.07) is 11.9. The number of rotatable bonds is 6. The molecule has 4 nitrogen and oxygen atoms in total. The number of nitrogens with zero attached hydrogens (tertiary/aromatic N) is 3. The summed E-state index contributed by atoms with van der Waals surface area (Å²) < 4.78 is 1.05. The van der Waals surface area contributed by atoms with Crippen LogP contribution in [-0.2, 0) is 11.2 Å². The van der Waals surface area contributed by atoms with Crippen molar-refractivity contribution in [2.24, 2.45) is 0 Å². The summed E-state index contributed by atoms with van der Waals surface area (Å²) in [5.41, 5.74) is 4.01. The number of thiazole rings is 1. The van der Waals surface area contributed by atoms with E-state index < -0.39 is 0 Å². The highest BCUT2D eigenvalue weighted by Crippen LogP contribution is 2.33. The Kier molecular flexibility index (Phi) is 7.84. The third-order valence-corrected chi connectivity index (χ3v) is 5.93. The van der Waals surface area contributed by atoms with E-state index in [-0.39, 0.29) is 18.3 Å². The summed E-state index contributed by atoms with van der Waals surface area (Å²) in [7, 11) is 4.01. The van der Waals surface area contributed by atoms with Gasteiger partial charge in [-0.1, -0.05) is 52.8 Å². The number of carbonyl (C=O) groups is 1. The van der Waals surface area contributed by atoms with Gasteiger partial charge >= 0.3 is 0 Å². The average Bonchev–Trinajstić information content (AvgIpc) is 3.03. The van der Waals surface area contributed by atoms with Gasteiger partial charge in [-0.05, 0) is 51.2 Å². The predicted octanol–water partition coefficient (Wildman–Crippen LogP) is 5.13. The third kappa shape index (κ3) is 5.23. The molecule has 2 aromatic carbocycles. The van der Waals surface area contributed by atoms with Crippen molar-refractivity contribution in [3.63, 3.8) is 0 Å². The molecule has 0 aliphatic carbocycles. The topological polar surface area (TPSA) is 36.4 Å². The molecule has 150 valence electrons. The molecule has 28 heavy (non-hydrogen) atoms. The van der Waals surface area contributed by atoms with Crippen molar-refractivity contribution in [3.05, 3.63) is 58.1 Å². The van der Waals surface area contributed by atoms with E-state index >= 15 is 0 Å². The largest absolute Gasteiger partial charge is 0.308 e. The van der Waals surface area contributed by atoms with E-state index in [2.05, 4.69) is 11.0 Å². The van der Waals surface area contributed by atoms with Gasteiger partial charge in [0.1, 0.15) is 0 Å². The first-order valence-corrected chi connectivity index (χ1v) is 10.1. The molecule has 0 aliphatic rings. The molecule has 1 heterocycles. The fraction of sp³-hybridized carbons (Fsp3) is 0.333. The average molecular weight is 438 g/mol. The fourth-order valence-corrected chi connectivity index (χ4v) is 4.14. The van der Waals surface area contributed by atoms with Crippen LogP contribution >= 0.6 is 35.3 Å². The molecule has 1 amide bonds. The first-order valence-electron chi connectivity index (χ1n) is 8.91. The van der Waals surface area contributed by atoms with E-state index in [1.54, 1.807) is 4.90 Å². The van der Waals surface area contributed by atoms with Gasteiger partial charge in [0.05, 0.1) is 16.6 Å². The number of aromatic nitrogens is 1. The Hall–Kier alpha value is -1.66. The van der Waals surface area contributed by atoms with Crippen molar-refractivity contribution in [1.82, 2.24) is 9.88 Å². The van der Waals surface area contributed by atoms with Gasteiger partial charge in [0, 0.05) is 18.1 Å². The lowest BCUT2D eigenvalue weighted by molar-refractivity contribution is -0.118. The van der Waals surface area contributed by atoms with Crippen LogP contribution in [0.2, 0.25) is 5.02 Å². The molecule has 0 atom stereocenters. The van der Waals surface area contributed by atoms with Crippen LogP contribution in [0.4, 0.5) is 5.13 Å². The molecule has 0 spiro atoms. The second kappa shape index (κ2) is 9.70. The highest BCUT2D eigenvalue weighted by atomic mass is 35.5. The molecular weight excluding hydrogens is 413 g/mol. The van der Waals surface area contributed by atoms with E-state index in [9.17, 15) is 4.79 Å². The van der Waals surface area contributed by atoms with Gasteiger partial charge in [0.25, 0.3) is 0 Å². The zero-order chi connectivity index (χ0) is 19.6. The maximum Gasteiger partial charge on any atom is 0.233 e. The minimum Gasteiger partial charge on any atom is -0.308 e. The smallest absolute Gasteiger partial charge is 0.233 e. The number of hydrogen-bond acceptors (Lipinski definition) is 4. The first kappa shape index (κ1) is 22.6. The number of anilines is 1. The van der Waals surface area contributed by atoms with E-state index in [0.29, 0.717) is 18.0 Å². The molecule has 0 saturated heterocycles. The summed E-state index contributed by atoms with van der Waals surface area (Å²) in [4.78, 5) is 21.7. The third-order valence-electron chi connectivity index (χ3n) is 4.48. The van der Waals surface area contributed by atoms with Crippen molar-refractivity contribution in [1.29, 1.82) is 0 Å². The lowest BCUT2D eigenvalue weighted by Crippen LogP contribution is -2.37. The first-order chi connectivity index (χ1) is 12.8. The Bertz CT molecular complexity index is 971. The van der Waals surface area contributed by atoms with Gasteiger partial charge in [-0.2, -0.15) is 0 Å². The monoisotopic (exact) mass is 437 g/mol. The summed E-state index contributed by atoms with van der Waals surface area (Å²) >= 11 is 7.78. The van der Waals surface area contributed by atoms with Gasteiger partial charge in [0.2, 0.25) is 5.91 Å². The van der Waals surface area contributed by atoms with Crippen LogP contribution < -0.4 is 4.90 Å². The lowest BCUT2D eigenvalue weighted by atomic mass is 10.1. The van der Waals surface area contributed by atoms with Crippen molar-refractivity contribution in [3.8, 4) is 0 Å². The van der Waals surface area contributed by atoms with Gasteiger partial charge < -0.3 is 4.90 Å². The molecule has 7 heteroatoms. The highest BCUT2D eigenvalue weighted by Gasteiger charge is 2.21. The van der Waals surface area contributed by atoms with Crippen LogP contribution in [0.15, 0.2) is 36.4 Å². The summed E-state index contributed by atoms with van der Waals surface area (Å²) in [5, 5.41) is 1.43. The molecule has 3 aromatic rings. The lowest BCUT2D eigenvalue weighted by Gasteiger charge is -2.22. The molecule has 0 bridgehead atoms. The van der Waals surface area contributed by atoms with E-state index in [4.69, 9.17) is 16.6 Å². The Morgan fingerprint density at radius 1 is 1.14 bits per heavy atom. The quantitative estimate of drug-likeness (QED) is 0.536. The molecule has 1 aromatic heterocycles.